The van der Waals surface area contributed by atoms with Crippen LogP contribution in [-0.4, -0.2) is 46.9 Å². The molecule has 3 N–H and O–H groups in total. The van der Waals surface area contributed by atoms with E-state index in [1.165, 1.54) is 161 Å². The smallest absolute Gasteiger partial charge is 0.306 e. The van der Waals surface area contributed by atoms with Crippen molar-refractivity contribution in [1.82, 2.24) is 5.32 Å². The molecule has 1 amide bonds. The van der Waals surface area contributed by atoms with Gasteiger partial charge in [-0.3, -0.25) is 9.59 Å². The van der Waals surface area contributed by atoms with Gasteiger partial charge in [0.05, 0.1) is 25.2 Å². The Labute approximate surface area is 349 Å². The van der Waals surface area contributed by atoms with Crippen molar-refractivity contribution >= 4 is 11.9 Å². The highest BCUT2D eigenvalue weighted by Crippen LogP contribution is 2.18. The Balaban J connectivity index is 4.44. The molecule has 0 aliphatic heterocycles. The van der Waals surface area contributed by atoms with E-state index in [2.05, 4.69) is 38.2 Å². The van der Waals surface area contributed by atoms with E-state index in [4.69, 9.17) is 4.74 Å². The topological polar surface area (TPSA) is 95.9 Å². The first kappa shape index (κ1) is 54.6. The molecule has 6 nitrogen and oxygen atoms in total. The summed E-state index contributed by atoms with van der Waals surface area (Å²) in [7, 11) is 0. The maximum absolute atomic E-state index is 13.1. The summed E-state index contributed by atoms with van der Waals surface area (Å²) in [4.78, 5) is 26.0. The first-order chi connectivity index (χ1) is 27.5. The van der Waals surface area contributed by atoms with Gasteiger partial charge in [0.1, 0.15) is 6.10 Å². The number of carbonyl (C=O) groups excluding carboxylic acids is 2. The molecule has 6 heteroatoms. The van der Waals surface area contributed by atoms with Crippen LogP contribution in [0.2, 0.25) is 0 Å². The molecule has 56 heavy (non-hydrogen) atoms. The first-order valence-electron chi connectivity index (χ1n) is 24.9. The van der Waals surface area contributed by atoms with Crippen LogP contribution in [0, 0.1) is 0 Å². The van der Waals surface area contributed by atoms with Gasteiger partial charge in [-0.1, -0.05) is 226 Å². The molecular weight excluding hydrogens is 695 g/mol. The summed E-state index contributed by atoms with van der Waals surface area (Å²) < 4.78 is 5.90. The van der Waals surface area contributed by atoms with Crippen LogP contribution in [0.15, 0.2) is 12.2 Å². The summed E-state index contributed by atoms with van der Waals surface area (Å²) in [5, 5.41) is 23.7. The van der Waals surface area contributed by atoms with Crippen LogP contribution in [0.25, 0.3) is 0 Å². The Hall–Kier alpha value is -1.40. The third kappa shape index (κ3) is 39.4. The zero-order chi connectivity index (χ0) is 41.0. The number of carbonyl (C=O) groups is 2. The van der Waals surface area contributed by atoms with E-state index < -0.39 is 18.2 Å². The summed E-state index contributed by atoms with van der Waals surface area (Å²) in [6.45, 7) is 6.45. The highest BCUT2D eigenvalue weighted by molar-refractivity contribution is 5.77. The van der Waals surface area contributed by atoms with E-state index in [0.717, 1.165) is 64.2 Å². The molecule has 0 aromatic carbocycles. The number of hydrogen-bond donors (Lipinski definition) is 3. The van der Waals surface area contributed by atoms with Crippen molar-refractivity contribution in [1.29, 1.82) is 0 Å². The Kier molecular flexibility index (Phi) is 43.6. The van der Waals surface area contributed by atoms with E-state index >= 15 is 0 Å². The van der Waals surface area contributed by atoms with E-state index in [1.807, 2.05) is 0 Å². The molecule has 0 spiro atoms. The van der Waals surface area contributed by atoms with E-state index in [0.29, 0.717) is 19.3 Å². The summed E-state index contributed by atoms with van der Waals surface area (Å²) in [6, 6.07) is -0.698. The summed E-state index contributed by atoms with van der Waals surface area (Å²) in [5.41, 5.74) is 0. The quantitative estimate of drug-likeness (QED) is 0.0324. The van der Waals surface area contributed by atoms with Crippen LogP contribution in [0.4, 0.5) is 0 Å². The molecule has 0 aromatic heterocycles. The molecule has 0 saturated heterocycles. The number of aliphatic hydroxyl groups is 2. The number of nitrogens with one attached hydrogen (secondary N) is 1. The van der Waals surface area contributed by atoms with Gasteiger partial charge in [0.2, 0.25) is 5.91 Å². The predicted octanol–water partition coefficient (Wildman–Crippen LogP) is 14.6. The average molecular weight is 792 g/mol. The summed E-state index contributed by atoms with van der Waals surface area (Å²) in [6.07, 6.45) is 48.5. The van der Waals surface area contributed by atoms with Crippen molar-refractivity contribution in [2.75, 3.05) is 6.61 Å². The first-order valence-corrected chi connectivity index (χ1v) is 24.9. The Morgan fingerprint density at radius 2 is 0.875 bits per heavy atom. The molecule has 3 unspecified atom stereocenters. The Bertz CT molecular complexity index is 847. The van der Waals surface area contributed by atoms with Gasteiger partial charge < -0.3 is 20.3 Å². The highest BCUT2D eigenvalue weighted by atomic mass is 16.5. The maximum atomic E-state index is 13.1. The molecule has 0 bridgehead atoms. The van der Waals surface area contributed by atoms with Gasteiger partial charge in [-0.15, -0.1) is 0 Å². The predicted molar refractivity (Wildman–Crippen MR) is 241 cm³/mol. The number of rotatable bonds is 45. The molecule has 0 radical (unpaired) electrons. The van der Waals surface area contributed by atoms with Crippen LogP contribution < -0.4 is 5.32 Å². The highest BCUT2D eigenvalue weighted by Gasteiger charge is 2.24. The lowest BCUT2D eigenvalue weighted by Crippen LogP contribution is -2.46. The minimum Gasteiger partial charge on any atom is -0.462 e. The lowest BCUT2D eigenvalue weighted by molar-refractivity contribution is -0.151. The van der Waals surface area contributed by atoms with Crippen LogP contribution in [0.5, 0.6) is 0 Å². The number of amides is 1. The molecule has 0 heterocycles. The second-order valence-electron chi connectivity index (χ2n) is 17.2. The van der Waals surface area contributed by atoms with Crippen LogP contribution in [-0.2, 0) is 14.3 Å². The Morgan fingerprint density at radius 3 is 1.32 bits per heavy atom. The molecule has 0 saturated carbocycles. The second-order valence-corrected chi connectivity index (χ2v) is 17.2. The van der Waals surface area contributed by atoms with Gasteiger partial charge >= 0.3 is 5.97 Å². The lowest BCUT2D eigenvalue weighted by Gasteiger charge is -2.24. The monoisotopic (exact) mass is 792 g/mol. The van der Waals surface area contributed by atoms with Gasteiger partial charge in [0.15, 0.2) is 0 Å². The van der Waals surface area contributed by atoms with E-state index in [1.54, 1.807) is 0 Å². The van der Waals surface area contributed by atoms with E-state index in [9.17, 15) is 19.8 Å². The number of hydrogen-bond acceptors (Lipinski definition) is 5. The number of esters is 1. The fraction of sp³-hybridized carbons (Fsp3) is 0.920. The Morgan fingerprint density at radius 1 is 0.500 bits per heavy atom. The van der Waals surface area contributed by atoms with E-state index in [-0.39, 0.29) is 24.9 Å². The van der Waals surface area contributed by atoms with Gasteiger partial charge in [0.25, 0.3) is 0 Å². The molecule has 0 fully saturated rings. The average Bonchev–Trinajstić information content (AvgIpc) is 3.19. The van der Waals surface area contributed by atoms with Crippen LogP contribution in [0.1, 0.15) is 271 Å². The fourth-order valence-corrected chi connectivity index (χ4v) is 7.77. The van der Waals surface area contributed by atoms with Crippen molar-refractivity contribution in [3.05, 3.63) is 12.2 Å². The van der Waals surface area contributed by atoms with Crippen molar-refractivity contribution in [2.24, 2.45) is 0 Å². The molecule has 0 aromatic rings. The van der Waals surface area contributed by atoms with Crippen molar-refractivity contribution in [2.45, 2.75) is 289 Å². The molecule has 0 aliphatic rings. The van der Waals surface area contributed by atoms with Gasteiger partial charge in [-0.2, -0.15) is 0 Å². The van der Waals surface area contributed by atoms with Gasteiger partial charge in [0, 0.05) is 6.42 Å². The number of aliphatic hydroxyl groups excluding tert-OH is 2. The minimum atomic E-state index is -0.784. The largest absolute Gasteiger partial charge is 0.462 e. The normalized spacial score (nSPS) is 13.3. The summed E-state index contributed by atoms with van der Waals surface area (Å²) >= 11 is 0. The second kappa shape index (κ2) is 44.7. The van der Waals surface area contributed by atoms with Crippen molar-refractivity contribution in [3.63, 3.8) is 0 Å². The maximum Gasteiger partial charge on any atom is 0.306 e. The van der Waals surface area contributed by atoms with Crippen molar-refractivity contribution < 1.29 is 24.5 Å². The zero-order valence-electron chi connectivity index (χ0n) is 37.8. The lowest BCUT2D eigenvalue weighted by atomic mass is 10.0. The SMILES string of the molecule is CCCC/C=C\CCCCCC(CC(=O)NC(CO)C(O)CCCCCCCCCCCCCCCCC)OC(=O)CCCCCCCCCCCCCCC. The number of ether oxygens (including phenoxy) is 1. The van der Waals surface area contributed by atoms with Crippen molar-refractivity contribution in [3.8, 4) is 0 Å². The van der Waals surface area contributed by atoms with Crippen LogP contribution >= 0.6 is 0 Å². The zero-order valence-corrected chi connectivity index (χ0v) is 37.8. The standard InChI is InChI=1S/C50H97NO5/c1-4-7-10-13-16-19-21-23-24-26-27-30-33-36-39-42-48(53)47(45-52)51-49(54)44-46(41-38-35-32-29-18-15-12-9-6-3)56-50(55)43-40-37-34-31-28-25-22-20-17-14-11-8-5-2/h15,18,46-48,52-53H,4-14,16-17,19-45H2,1-3H3,(H,51,54)/b18-15-. The summed E-state index contributed by atoms with van der Waals surface area (Å²) in [5.74, 6) is -0.478. The minimum absolute atomic E-state index is 0.0729. The van der Waals surface area contributed by atoms with Gasteiger partial charge in [-0.25, -0.2) is 0 Å². The molecular formula is C50H97NO5. The fourth-order valence-electron chi connectivity index (χ4n) is 7.77. The number of unbranched alkanes of at least 4 members (excludes halogenated alkanes) is 31. The van der Waals surface area contributed by atoms with Gasteiger partial charge in [-0.05, 0) is 44.9 Å². The van der Waals surface area contributed by atoms with Crippen LogP contribution in [0.3, 0.4) is 0 Å². The molecule has 332 valence electrons. The third-order valence-electron chi connectivity index (χ3n) is 11.6. The molecule has 0 rings (SSSR count). The molecule has 3 atom stereocenters. The molecule has 0 aliphatic carbocycles. The number of allylic oxidation sites excluding steroid dienone is 2. The third-order valence-corrected chi connectivity index (χ3v) is 11.6.